The molecular formula is C16H27N2O6S2-. The van der Waals surface area contributed by atoms with Gasteiger partial charge in [0, 0.05) is 21.9 Å². The van der Waals surface area contributed by atoms with Crippen LogP contribution in [0.3, 0.4) is 0 Å². The van der Waals surface area contributed by atoms with Crippen LogP contribution in [-0.4, -0.2) is 61.5 Å². The van der Waals surface area contributed by atoms with Crippen molar-refractivity contribution in [1.29, 1.82) is 0 Å². The molecule has 0 spiro atoms. The molecule has 1 unspecified atom stereocenters. The molecule has 1 atom stereocenters. The summed E-state index contributed by atoms with van der Waals surface area (Å²) < 4.78 is 26.0. The van der Waals surface area contributed by atoms with E-state index >= 15 is 0 Å². The molecule has 8 nitrogen and oxygen atoms in total. The molecule has 6 N–H and O–H groups in total. The third kappa shape index (κ3) is 15.0. The number of aliphatic hydroxyl groups excluding tert-OH is 2. The zero-order valence-electron chi connectivity index (χ0n) is 15.1. The number of ether oxygens (including phenoxy) is 1. The molecule has 1 rings (SSSR count). The maximum atomic E-state index is 10.5. The van der Waals surface area contributed by atoms with Crippen molar-refractivity contribution in [1.82, 2.24) is 5.32 Å². The molecule has 26 heavy (non-hydrogen) atoms. The van der Waals surface area contributed by atoms with Crippen molar-refractivity contribution in [3.63, 3.8) is 0 Å². The molecule has 10 heteroatoms. The fourth-order valence-electron chi connectivity index (χ4n) is 1.27. The molecule has 0 radical (unpaired) electrons. The van der Waals surface area contributed by atoms with E-state index in [4.69, 9.17) is 20.2 Å². The Hall–Kier alpha value is -1.32. The highest BCUT2D eigenvalue weighted by Crippen LogP contribution is 2.22. The normalized spacial score (nSPS) is 10.9. The van der Waals surface area contributed by atoms with Crippen LogP contribution in [0.5, 0.6) is 5.75 Å². The second kappa shape index (κ2) is 17.1. The molecule has 1 aromatic carbocycles. The Morgan fingerprint density at radius 1 is 1.35 bits per heavy atom. The minimum Gasteiger partial charge on any atom is -0.768 e. The van der Waals surface area contributed by atoms with Gasteiger partial charge in [-0.1, -0.05) is 0 Å². The molecule has 0 aliphatic carbocycles. The largest absolute Gasteiger partial charge is 0.768 e. The smallest absolute Gasteiger partial charge is 0.152 e. The highest BCUT2D eigenvalue weighted by atomic mass is 32.2. The van der Waals surface area contributed by atoms with E-state index in [1.165, 1.54) is 24.3 Å². The van der Waals surface area contributed by atoms with Crippen LogP contribution in [0.15, 0.2) is 29.2 Å². The molecule has 0 amide bonds. The monoisotopic (exact) mass is 407 g/mol. The lowest BCUT2D eigenvalue weighted by Gasteiger charge is -2.20. The first-order chi connectivity index (χ1) is 12.4. The van der Waals surface area contributed by atoms with E-state index in [0.29, 0.717) is 5.75 Å². The first-order valence-corrected chi connectivity index (χ1v) is 9.51. The molecule has 150 valence electrons. The lowest BCUT2D eigenvalue weighted by Crippen LogP contribution is -2.23. The van der Waals surface area contributed by atoms with Crippen molar-refractivity contribution < 1.29 is 28.9 Å². The predicted octanol–water partition coefficient (Wildman–Crippen LogP) is 0.681. The first kappa shape index (κ1) is 26.9. The maximum absolute atomic E-state index is 10.5. The average Bonchev–Trinajstić information content (AvgIpc) is 2.65. The van der Waals surface area contributed by atoms with Gasteiger partial charge in [-0.3, -0.25) is 4.21 Å². The van der Waals surface area contributed by atoms with Gasteiger partial charge in [0.25, 0.3) is 0 Å². The molecular weight excluding hydrogens is 380 g/mol. The zero-order chi connectivity index (χ0) is 20.4. The second-order valence-electron chi connectivity index (χ2n) is 5.15. The third-order valence-electron chi connectivity index (χ3n) is 2.63. The van der Waals surface area contributed by atoms with Crippen molar-refractivity contribution in [3.8, 4) is 17.8 Å². The van der Waals surface area contributed by atoms with Crippen LogP contribution in [0, 0.1) is 12.0 Å². The van der Waals surface area contributed by atoms with Gasteiger partial charge in [-0.25, -0.2) is 5.90 Å². The van der Waals surface area contributed by atoms with Crippen LogP contribution in [0.4, 0.5) is 0 Å². The number of benzene rings is 1. The summed E-state index contributed by atoms with van der Waals surface area (Å²) in [6.45, 7) is 5.42. The Kier molecular flexibility index (Phi) is 17.7. The van der Waals surface area contributed by atoms with Gasteiger partial charge in [-0.15, -0.1) is 0 Å². The van der Waals surface area contributed by atoms with E-state index < -0.39 is 11.1 Å². The van der Waals surface area contributed by atoms with Crippen LogP contribution in [0.2, 0.25) is 0 Å². The molecule has 0 saturated carbocycles. The summed E-state index contributed by atoms with van der Waals surface area (Å²) in [7, 11) is 1.94. The third-order valence-corrected chi connectivity index (χ3v) is 4.61. The molecule has 0 fully saturated rings. The molecule has 0 heterocycles. The molecule has 0 aliphatic rings. The van der Waals surface area contributed by atoms with E-state index in [2.05, 4.69) is 17.1 Å². The van der Waals surface area contributed by atoms with Gasteiger partial charge < -0.3 is 30.0 Å². The van der Waals surface area contributed by atoms with Crippen molar-refractivity contribution in [3.05, 3.63) is 24.3 Å². The number of hydrogen-bond donors (Lipinski definition) is 5. The fraction of sp³-hybridized carbons (Fsp3) is 0.500. The molecule has 0 bridgehead atoms. The van der Waals surface area contributed by atoms with Gasteiger partial charge >= 0.3 is 0 Å². The molecule has 0 aromatic heterocycles. The van der Waals surface area contributed by atoms with E-state index in [1.54, 1.807) is 17.9 Å². The standard InChI is InChI=1S/C9H8O4S.C7H17NOS.H3NO/c10-6-1-7-13-8-2-4-9(5-3-8)14(11)12;1-7(2,6-9)10-5-4-8-3;1-2/h2-5,10H,7H2,(H,11,12);8-9H,4-6H2,1-3H3;2H,1H2/p-1. The number of rotatable bonds is 8. The molecule has 1 aromatic rings. The summed E-state index contributed by atoms with van der Waals surface area (Å²) >= 11 is -0.427. The Bertz CT molecular complexity index is 544. The SMILES string of the molecule is CNCCSC(C)(C)CO.NO.O=S([O-])c1ccc(OCC#CO)cc1. The highest BCUT2D eigenvalue weighted by molar-refractivity contribution is 8.00. The molecule has 0 aliphatic heterocycles. The lowest BCUT2D eigenvalue weighted by molar-refractivity contribution is 0.265. The van der Waals surface area contributed by atoms with E-state index in [9.17, 15) is 8.76 Å². The summed E-state index contributed by atoms with van der Waals surface area (Å²) in [5.74, 6) is 7.36. The number of aliphatic hydroxyl groups is 2. The van der Waals surface area contributed by atoms with Crippen LogP contribution in [-0.2, 0) is 11.1 Å². The van der Waals surface area contributed by atoms with Gasteiger partial charge in [0.05, 0.1) is 6.61 Å². The predicted molar refractivity (Wildman–Crippen MR) is 102 cm³/mol. The van der Waals surface area contributed by atoms with Gasteiger partial charge in [-0.05, 0) is 62.2 Å². The first-order valence-electron chi connectivity index (χ1n) is 7.45. The van der Waals surface area contributed by atoms with E-state index in [0.717, 1.165) is 12.3 Å². The van der Waals surface area contributed by atoms with Crippen LogP contribution >= 0.6 is 11.8 Å². The van der Waals surface area contributed by atoms with Crippen LogP contribution in [0.25, 0.3) is 0 Å². The van der Waals surface area contributed by atoms with Crippen LogP contribution in [0.1, 0.15) is 13.8 Å². The zero-order valence-corrected chi connectivity index (χ0v) is 16.7. The number of nitrogens with two attached hydrogens (primary N) is 1. The Labute approximate surface area is 161 Å². The summed E-state index contributed by atoms with van der Waals surface area (Å²) in [5, 5.41) is 26.6. The van der Waals surface area contributed by atoms with Crippen molar-refractivity contribution >= 4 is 22.8 Å². The van der Waals surface area contributed by atoms with E-state index in [1.807, 2.05) is 20.9 Å². The van der Waals surface area contributed by atoms with Gasteiger partial charge in [0.1, 0.15) is 11.9 Å². The van der Waals surface area contributed by atoms with Crippen LogP contribution < -0.4 is 16.0 Å². The minimum atomic E-state index is -2.22. The van der Waals surface area contributed by atoms with Crippen molar-refractivity contribution in [2.75, 3.05) is 32.6 Å². The molecule has 0 saturated heterocycles. The number of nitrogens with one attached hydrogen (secondary N) is 1. The summed E-state index contributed by atoms with van der Waals surface area (Å²) in [6, 6.07) is 5.88. The second-order valence-corrected chi connectivity index (χ2v) is 7.90. The van der Waals surface area contributed by atoms with Crippen molar-refractivity contribution in [2.45, 2.75) is 23.5 Å². The maximum Gasteiger partial charge on any atom is 0.152 e. The summed E-state index contributed by atoms with van der Waals surface area (Å²) in [5.41, 5.74) is 0. The topological polar surface area (TPSA) is 148 Å². The summed E-state index contributed by atoms with van der Waals surface area (Å²) in [6.07, 6.45) is 1.69. The van der Waals surface area contributed by atoms with Crippen molar-refractivity contribution in [2.24, 2.45) is 5.90 Å². The quantitative estimate of drug-likeness (QED) is 0.181. The van der Waals surface area contributed by atoms with Gasteiger partial charge in [0.2, 0.25) is 0 Å². The minimum absolute atomic E-state index is 0.0247. The van der Waals surface area contributed by atoms with Gasteiger partial charge in [0.15, 0.2) is 6.61 Å². The highest BCUT2D eigenvalue weighted by Gasteiger charge is 2.15. The van der Waals surface area contributed by atoms with Gasteiger partial charge in [-0.2, -0.15) is 11.8 Å². The number of hydrogen-bond acceptors (Lipinski definition) is 9. The Morgan fingerprint density at radius 2 is 1.92 bits per heavy atom. The summed E-state index contributed by atoms with van der Waals surface area (Å²) in [4.78, 5) is 0.200. The Morgan fingerprint density at radius 3 is 2.35 bits per heavy atom. The lowest BCUT2D eigenvalue weighted by atomic mass is 10.2. The van der Waals surface area contributed by atoms with E-state index in [-0.39, 0.29) is 22.9 Å². The average molecular weight is 408 g/mol. The Balaban J connectivity index is 0. The fourth-order valence-corrected chi connectivity index (χ4v) is 2.58. The number of thioether (sulfide) groups is 1.